The fourth-order valence-corrected chi connectivity index (χ4v) is 2.97. The topological polar surface area (TPSA) is 35.0 Å². The second-order valence-electron chi connectivity index (χ2n) is 3.96. The van der Waals surface area contributed by atoms with Crippen molar-refractivity contribution >= 4 is 27.1 Å². The number of hydrogen-bond donors (Lipinski definition) is 0. The molecule has 82 valence electrons. The number of nitrogens with zero attached hydrogens (tertiary/aromatic N) is 2. The van der Waals surface area contributed by atoms with E-state index in [9.17, 15) is 0 Å². The zero-order valence-corrected chi connectivity index (χ0v) is 9.83. The van der Waals surface area contributed by atoms with Gasteiger partial charge in [0, 0.05) is 12.1 Å². The Bertz CT molecular complexity index is 514. The molecule has 3 nitrogen and oxygen atoms in total. The second-order valence-corrected chi connectivity index (χ2v) is 4.99. The molecule has 0 N–H and O–H groups in total. The first-order valence-corrected chi connectivity index (χ1v) is 6.15. The average Bonchev–Trinajstić information content (AvgIpc) is 2.73. The lowest BCUT2D eigenvalue weighted by Gasteiger charge is -2.18. The zero-order chi connectivity index (χ0) is 11.0. The molecule has 0 amide bonds. The van der Waals surface area contributed by atoms with Crippen molar-refractivity contribution in [3.05, 3.63) is 29.5 Å². The van der Waals surface area contributed by atoms with Gasteiger partial charge in [-0.05, 0) is 11.6 Å². The van der Waals surface area contributed by atoms with Gasteiger partial charge in [-0.3, -0.25) is 4.98 Å². The van der Waals surface area contributed by atoms with Gasteiger partial charge in [0.15, 0.2) is 0 Å². The van der Waals surface area contributed by atoms with Gasteiger partial charge >= 0.3 is 0 Å². The maximum Gasteiger partial charge on any atom is 0.120 e. The van der Waals surface area contributed by atoms with Crippen molar-refractivity contribution in [1.82, 2.24) is 9.97 Å². The number of ether oxygens (including phenoxy) is 1. The standard InChI is InChI=1S/C12H12N2OS/c1-8-7-15-5-3-9(8)12-14-10-6-13-4-2-11(10)16-12/h2-4,6,8H,5,7H2,1H3. The van der Waals surface area contributed by atoms with E-state index in [0.29, 0.717) is 12.5 Å². The number of hydrogen-bond acceptors (Lipinski definition) is 4. The molecule has 0 saturated heterocycles. The van der Waals surface area contributed by atoms with Crippen molar-refractivity contribution in [2.75, 3.05) is 13.2 Å². The average molecular weight is 232 g/mol. The van der Waals surface area contributed by atoms with Crippen molar-refractivity contribution in [3.63, 3.8) is 0 Å². The Morgan fingerprint density at radius 3 is 3.25 bits per heavy atom. The Balaban J connectivity index is 2.08. The summed E-state index contributed by atoms with van der Waals surface area (Å²) >= 11 is 1.73. The molecular weight excluding hydrogens is 220 g/mol. The summed E-state index contributed by atoms with van der Waals surface area (Å²) in [6, 6.07) is 2.01. The molecule has 0 saturated carbocycles. The second kappa shape index (κ2) is 3.96. The fourth-order valence-electron chi connectivity index (χ4n) is 1.89. The number of pyridine rings is 1. The summed E-state index contributed by atoms with van der Waals surface area (Å²) in [6.07, 6.45) is 5.77. The summed E-state index contributed by atoms with van der Waals surface area (Å²) in [5, 5.41) is 1.11. The highest BCUT2D eigenvalue weighted by Gasteiger charge is 2.18. The van der Waals surface area contributed by atoms with Gasteiger partial charge in [-0.1, -0.05) is 13.0 Å². The van der Waals surface area contributed by atoms with Crippen LogP contribution in [0, 0.1) is 5.92 Å². The van der Waals surface area contributed by atoms with E-state index in [4.69, 9.17) is 4.74 Å². The van der Waals surface area contributed by atoms with Gasteiger partial charge in [0.25, 0.3) is 0 Å². The Hall–Kier alpha value is -1.26. The van der Waals surface area contributed by atoms with E-state index in [2.05, 4.69) is 23.0 Å². The summed E-state index contributed by atoms with van der Waals surface area (Å²) in [5.41, 5.74) is 2.30. The first-order chi connectivity index (χ1) is 7.84. The van der Waals surface area contributed by atoms with Crippen molar-refractivity contribution in [2.45, 2.75) is 6.92 Å². The lowest BCUT2D eigenvalue weighted by molar-refractivity contribution is 0.135. The molecule has 0 radical (unpaired) electrons. The predicted octanol–water partition coefficient (Wildman–Crippen LogP) is 2.74. The van der Waals surface area contributed by atoms with Crippen LogP contribution < -0.4 is 0 Å². The Kier molecular flexibility index (Phi) is 2.46. The van der Waals surface area contributed by atoms with Crippen molar-refractivity contribution in [1.29, 1.82) is 0 Å². The Labute approximate surface area is 97.8 Å². The minimum absolute atomic E-state index is 0.433. The van der Waals surface area contributed by atoms with Crippen molar-refractivity contribution in [2.24, 2.45) is 5.92 Å². The van der Waals surface area contributed by atoms with Crippen LogP contribution in [0.25, 0.3) is 15.8 Å². The maximum absolute atomic E-state index is 5.40. The summed E-state index contributed by atoms with van der Waals surface area (Å²) in [6.45, 7) is 3.67. The van der Waals surface area contributed by atoms with Gasteiger partial charge in [0.2, 0.25) is 0 Å². The lowest BCUT2D eigenvalue weighted by Crippen LogP contribution is -2.13. The van der Waals surface area contributed by atoms with E-state index in [-0.39, 0.29) is 0 Å². The monoisotopic (exact) mass is 232 g/mol. The van der Waals surface area contributed by atoms with E-state index in [1.165, 1.54) is 10.3 Å². The van der Waals surface area contributed by atoms with Crippen LogP contribution in [-0.2, 0) is 4.74 Å². The molecule has 0 aromatic carbocycles. The third kappa shape index (κ3) is 1.64. The summed E-state index contributed by atoms with van der Waals surface area (Å²) in [4.78, 5) is 8.71. The van der Waals surface area contributed by atoms with Crippen LogP contribution in [0.15, 0.2) is 24.5 Å². The van der Waals surface area contributed by atoms with Crippen LogP contribution in [0.3, 0.4) is 0 Å². The third-order valence-electron chi connectivity index (χ3n) is 2.76. The molecule has 1 unspecified atom stereocenters. The smallest absolute Gasteiger partial charge is 0.120 e. The Morgan fingerprint density at radius 2 is 2.44 bits per heavy atom. The molecule has 1 atom stereocenters. The highest BCUT2D eigenvalue weighted by Crippen LogP contribution is 2.32. The minimum atomic E-state index is 0.433. The van der Waals surface area contributed by atoms with Gasteiger partial charge < -0.3 is 4.74 Å². The first kappa shape index (κ1) is 9.93. The lowest BCUT2D eigenvalue weighted by atomic mass is 10.0. The normalized spacial score (nSPS) is 21.1. The van der Waals surface area contributed by atoms with Gasteiger partial charge in [-0.2, -0.15) is 0 Å². The van der Waals surface area contributed by atoms with Crippen LogP contribution in [0.4, 0.5) is 0 Å². The van der Waals surface area contributed by atoms with Crippen LogP contribution in [0.1, 0.15) is 11.9 Å². The summed E-state index contributed by atoms with van der Waals surface area (Å²) < 4.78 is 6.59. The molecule has 0 fully saturated rings. The largest absolute Gasteiger partial charge is 0.377 e. The van der Waals surface area contributed by atoms with Gasteiger partial charge in [0.05, 0.1) is 24.1 Å². The number of rotatable bonds is 1. The molecule has 3 rings (SSSR count). The SMILES string of the molecule is CC1COCC=C1c1nc2cnccc2s1. The maximum atomic E-state index is 5.40. The molecular formula is C12H12N2OS. The minimum Gasteiger partial charge on any atom is -0.377 e. The summed E-state index contributed by atoms with van der Waals surface area (Å²) in [7, 11) is 0. The van der Waals surface area contributed by atoms with Crippen LogP contribution in [0.2, 0.25) is 0 Å². The third-order valence-corrected chi connectivity index (χ3v) is 3.84. The van der Waals surface area contributed by atoms with Crippen LogP contribution in [0.5, 0.6) is 0 Å². The van der Waals surface area contributed by atoms with E-state index in [1.807, 2.05) is 18.5 Å². The van der Waals surface area contributed by atoms with E-state index < -0.39 is 0 Å². The van der Waals surface area contributed by atoms with Gasteiger partial charge in [-0.15, -0.1) is 11.3 Å². The highest BCUT2D eigenvalue weighted by atomic mass is 32.1. The number of fused-ring (bicyclic) bond motifs is 1. The molecule has 0 bridgehead atoms. The molecule has 2 aromatic rings. The number of thiazole rings is 1. The van der Waals surface area contributed by atoms with Gasteiger partial charge in [-0.25, -0.2) is 4.98 Å². The molecule has 1 aliphatic rings. The van der Waals surface area contributed by atoms with Gasteiger partial charge in [0.1, 0.15) is 10.5 Å². The molecule has 4 heteroatoms. The quantitative estimate of drug-likeness (QED) is 0.758. The molecule has 0 aliphatic carbocycles. The molecule has 16 heavy (non-hydrogen) atoms. The van der Waals surface area contributed by atoms with Crippen LogP contribution in [-0.4, -0.2) is 23.2 Å². The summed E-state index contributed by atoms with van der Waals surface area (Å²) in [5.74, 6) is 0.433. The van der Waals surface area contributed by atoms with Crippen molar-refractivity contribution < 1.29 is 4.74 Å². The first-order valence-electron chi connectivity index (χ1n) is 5.33. The highest BCUT2D eigenvalue weighted by molar-refractivity contribution is 7.19. The van der Waals surface area contributed by atoms with E-state index >= 15 is 0 Å². The molecule has 3 heterocycles. The van der Waals surface area contributed by atoms with Crippen molar-refractivity contribution in [3.8, 4) is 0 Å². The predicted molar refractivity (Wildman–Crippen MR) is 65.4 cm³/mol. The molecule has 1 aliphatic heterocycles. The fraction of sp³-hybridized carbons (Fsp3) is 0.333. The molecule has 0 spiro atoms. The number of aromatic nitrogens is 2. The Morgan fingerprint density at radius 1 is 1.50 bits per heavy atom. The van der Waals surface area contributed by atoms with E-state index in [1.54, 1.807) is 11.3 Å². The molecule has 2 aromatic heterocycles. The zero-order valence-electron chi connectivity index (χ0n) is 9.01. The van der Waals surface area contributed by atoms with E-state index in [0.717, 1.165) is 17.1 Å². The van der Waals surface area contributed by atoms with Crippen LogP contribution >= 0.6 is 11.3 Å².